The fourth-order valence-electron chi connectivity index (χ4n) is 4.46. The zero-order valence-corrected chi connectivity index (χ0v) is 19.3. The Morgan fingerprint density at radius 2 is 1.94 bits per heavy atom. The number of aliphatic hydroxyl groups excluding tert-OH is 1. The van der Waals surface area contributed by atoms with Gasteiger partial charge in [-0.25, -0.2) is 0 Å². The summed E-state index contributed by atoms with van der Waals surface area (Å²) in [5.41, 5.74) is 2.38. The van der Waals surface area contributed by atoms with Crippen LogP contribution in [0.1, 0.15) is 35.6 Å². The van der Waals surface area contributed by atoms with Crippen LogP contribution in [0.5, 0.6) is 11.5 Å². The number of aryl methyl sites for hydroxylation is 1. The first-order chi connectivity index (χ1) is 15.9. The first-order valence-corrected chi connectivity index (χ1v) is 11.2. The van der Waals surface area contributed by atoms with Gasteiger partial charge < -0.3 is 24.4 Å². The van der Waals surface area contributed by atoms with Crippen molar-refractivity contribution in [1.29, 1.82) is 0 Å². The number of benzene rings is 2. The summed E-state index contributed by atoms with van der Waals surface area (Å²) in [4.78, 5) is 29.8. The molecule has 1 atom stereocenters. The highest BCUT2D eigenvalue weighted by molar-refractivity contribution is 6.46. The number of nitrogens with zero attached hydrogens (tertiary/aromatic N) is 2. The predicted molar refractivity (Wildman–Crippen MR) is 125 cm³/mol. The molecule has 2 aromatic rings. The number of carbonyl (C=O) groups is 2. The first-order valence-electron chi connectivity index (χ1n) is 11.2. The molecule has 1 unspecified atom stereocenters. The van der Waals surface area contributed by atoms with E-state index >= 15 is 0 Å². The third-order valence-corrected chi connectivity index (χ3v) is 6.16. The van der Waals surface area contributed by atoms with Crippen molar-refractivity contribution in [2.24, 2.45) is 0 Å². The monoisotopic (exact) mass is 450 g/mol. The van der Waals surface area contributed by atoms with Gasteiger partial charge in [0.1, 0.15) is 17.3 Å². The molecule has 0 radical (unpaired) electrons. The van der Waals surface area contributed by atoms with E-state index in [1.165, 1.54) is 0 Å². The predicted octanol–water partition coefficient (Wildman–Crippen LogP) is 3.39. The van der Waals surface area contributed by atoms with Crippen LogP contribution in [-0.4, -0.2) is 67.5 Å². The molecule has 7 heteroatoms. The Morgan fingerprint density at radius 3 is 2.64 bits per heavy atom. The summed E-state index contributed by atoms with van der Waals surface area (Å²) in [6, 6.07) is 12.0. The summed E-state index contributed by atoms with van der Waals surface area (Å²) < 4.78 is 10.9. The molecule has 174 valence electrons. The quantitative estimate of drug-likeness (QED) is 0.396. The van der Waals surface area contributed by atoms with Crippen molar-refractivity contribution in [3.05, 3.63) is 64.7 Å². The molecule has 33 heavy (non-hydrogen) atoms. The number of ether oxygens (including phenoxy) is 2. The molecule has 2 aliphatic heterocycles. The Morgan fingerprint density at radius 1 is 1.18 bits per heavy atom. The standard InChI is InChI=1S/C26H30N2O5/c1-27(2)13-5-14-28-23(17-7-10-20(32-3)11-8-17)22(25(30)26(28)31)24(29)19-9-12-21-18(16-19)6-4-15-33-21/h7-12,16,23,29H,4-6,13-15H2,1-3H3/b24-22-. The van der Waals surface area contributed by atoms with Crippen LogP contribution in [0.25, 0.3) is 5.76 Å². The zero-order chi connectivity index (χ0) is 23.5. The van der Waals surface area contributed by atoms with Crippen LogP contribution in [0.3, 0.4) is 0 Å². The van der Waals surface area contributed by atoms with Crippen LogP contribution < -0.4 is 9.47 Å². The largest absolute Gasteiger partial charge is 0.507 e. The van der Waals surface area contributed by atoms with Crippen molar-refractivity contribution in [3.63, 3.8) is 0 Å². The Kier molecular flexibility index (Phi) is 6.70. The summed E-state index contributed by atoms with van der Waals surface area (Å²) in [7, 11) is 5.52. The van der Waals surface area contributed by atoms with E-state index in [2.05, 4.69) is 0 Å². The number of Topliss-reactive ketones (excluding diaryl/α,β-unsaturated/α-hetero) is 1. The van der Waals surface area contributed by atoms with E-state index < -0.39 is 17.7 Å². The summed E-state index contributed by atoms with van der Waals surface area (Å²) >= 11 is 0. The average molecular weight is 451 g/mol. The molecule has 0 aromatic heterocycles. The summed E-state index contributed by atoms with van der Waals surface area (Å²) in [6.07, 6.45) is 2.46. The number of amides is 1. The average Bonchev–Trinajstić information content (AvgIpc) is 3.08. The second-order valence-corrected chi connectivity index (χ2v) is 8.70. The van der Waals surface area contributed by atoms with E-state index in [1.54, 1.807) is 30.2 Å². The number of likely N-dealkylation sites (tertiary alicyclic amines) is 1. The SMILES string of the molecule is COc1ccc(C2/C(=C(/O)c3ccc4c(c3)CCCO4)C(=O)C(=O)N2CCCN(C)C)cc1. The van der Waals surface area contributed by atoms with Crippen molar-refractivity contribution < 1.29 is 24.2 Å². The highest BCUT2D eigenvalue weighted by Crippen LogP contribution is 2.40. The maximum absolute atomic E-state index is 13.2. The van der Waals surface area contributed by atoms with Gasteiger partial charge in [-0.3, -0.25) is 9.59 Å². The van der Waals surface area contributed by atoms with Gasteiger partial charge in [0.2, 0.25) is 0 Å². The van der Waals surface area contributed by atoms with Gasteiger partial charge in [-0.05, 0) is 81.4 Å². The number of ketones is 1. The fourth-order valence-corrected chi connectivity index (χ4v) is 4.46. The van der Waals surface area contributed by atoms with Crippen LogP contribution in [0.2, 0.25) is 0 Å². The maximum atomic E-state index is 13.2. The number of rotatable bonds is 7. The highest BCUT2D eigenvalue weighted by atomic mass is 16.5. The van der Waals surface area contributed by atoms with Gasteiger partial charge in [-0.2, -0.15) is 0 Å². The molecule has 7 nitrogen and oxygen atoms in total. The molecule has 4 rings (SSSR count). The molecule has 0 aliphatic carbocycles. The van der Waals surface area contributed by atoms with Crippen LogP contribution in [0.4, 0.5) is 0 Å². The molecule has 1 amide bonds. The van der Waals surface area contributed by atoms with Crippen molar-refractivity contribution in [3.8, 4) is 11.5 Å². The lowest BCUT2D eigenvalue weighted by atomic mass is 9.94. The van der Waals surface area contributed by atoms with Gasteiger partial charge in [0.05, 0.1) is 25.3 Å². The Bertz CT molecular complexity index is 1070. The van der Waals surface area contributed by atoms with E-state index in [9.17, 15) is 14.7 Å². The van der Waals surface area contributed by atoms with Crippen LogP contribution in [0.15, 0.2) is 48.0 Å². The molecule has 2 aromatic carbocycles. The highest BCUT2D eigenvalue weighted by Gasteiger charge is 2.45. The number of aliphatic hydroxyl groups is 1. The summed E-state index contributed by atoms with van der Waals surface area (Å²) in [6.45, 7) is 1.87. The Hall–Kier alpha value is -3.32. The van der Waals surface area contributed by atoms with E-state index in [1.807, 2.05) is 43.3 Å². The minimum absolute atomic E-state index is 0.117. The van der Waals surface area contributed by atoms with Gasteiger partial charge in [0.15, 0.2) is 0 Å². The minimum atomic E-state index is -0.662. The molecular weight excluding hydrogens is 420 g/mol. The first kappa shape index (κ1) is 22.9. The molecule has 0 spiro atoms. The molecule has 2 heterocycles. The van der Waals surface area contributed by atoms with Crippen molar-refractivity contribution in [2.45, 2.75) is 25.3 Å². The number of fused-ring (bicyclic) bond motifs is 1. The van der Waals surface area contributed by atoms with Crippen molar-refractivity contribution >= 4 is 17.4 Å². The molecule has 1 fully saturated rings. The topological polar surface area (TPSA) is 79.3 Å². The molecule has 2 aliphatic rings. The molecule has 1 saturated heterocycles. The van der Waals surface area contributed by atoms with Gasteiger partial charge in [-0.15, -0.1) is 0 Å². The smallest absolute Gasteiger partial charge is 0.295 e. The lowest BCUT2D eigenvalue weighted by molar-refractivity contribution is -0.139. The molecular formula is C26H30N2O5. The summed E-state index contributed by atoms with van der Waals surface area (Å²) in [5, 5.41) is 11.3. The minimum Gasteiger partial charge on any atom is -0.507 e. The van der Waals surface area contributed by atoms with E-state index in [4.69, 9.17) is 9.47 Å². The molecule has 0 saturated carbocycles. The zero-order valence-electron chi connectivity index (χ0n) is 19.3. The van der Waals surface area contributed by atoms with E-state index in [-0.39, 0.29) is 11.3 Å². The number of carbonyl (C=O) groups excluding carboxylic acids is 2. The number of methoxy groups -OCH3 is 1. The third-order valence-electron chi connectivity index (χ3n) is 6.16. The molecule has 0 bridgehead atoms. The summed E-state index contributed by atoms with van der Waals surface area (Å²) in [5.74, 6) is 0.0776. The normalized spacial score (nSPS) is 19.5. The number of hydrogen-bond acceptors (Lipinski definition) is 6. The second-order valence-electron chi connectivity index (χ2n) is 8.70. The van der Waals surface area contributed by atoms with Gasteiger partial charge in [-0.1, -0.05) is 12.1 Å². The van der Waals surface area contributed by atoms with Crippen LogP contribution in [-0.2, 0) is 16.0 Å². The van der Waals surface area contributed by atoms with Crippen LogP contribution in [0, 0.1) is 0 Å². The van der Waals surface area contributed by atoms with Crippen LogP contribution >= 0.6 is 0 Å². The maximum Gasteiger partial charge on any atom is 0.295 e. The fraction of sp³-hybridized carbons (Fsp3) is 0.385. The Labute approximate surface area is 194 Å². The van der Waals surface area contributed by atoms with Gasteiger partial charge in [0.25, 0.3) is 11.7 Å². The molecule has 1 N–H and O–H groups in total. The Balaban J connectivity index is 1.77. The van der Waals surface area contributed by atoms with E-state index in [0.29, 0.717) is 30.9 Å². The third kappa shape index (κ3) is 4.59. The number of hydrogen-bond donors (Lipinski definition) is 1. The van der Waals surface area contributed by atoms with Crippen molar-refractivity contribution in [1.82, 2.24) is 9.80 Å². The second kappa shape index (κ2) is 9.67. The lowest BCUT2D eigenvalue weighted by Gasteiger charge is -2.26. The van der Waals surface area contributed by atoms with Gasteiger partial charge >= 0.3 is 0 Å². The van der Waals surface area contributed by atoms with Gasteiger partial charge in [0, 0.05) is 12.1 Å². The lowest BCUT2D eigenvalue weighted by Crippen LogP contribution is -2.32. The van der Waals surface area contributed by atoms with E-state index in [0.717, 1.165) is 36.3 Å². The van der Waals surface area contributed by atoms with Crippen molar-refractivity contribution in [2.75, 3.05) is 40.9 Å².